The molecule has 0 spiro atoms. The molecule has 0 aliphatic heterocycles. The summed E-state index contributed by atoms with van der Waals surface area (Å²) in [4.78, 5) is 3.88. The molecule has 0 unspecified atom stereocenters. The van der Waals surface area contributed by atoms with Gasteiger partial charge in [-0.25, -0.2) is 0 Å². The number of hydrogen-bond donors (Lipinski definition) is 0. The van der Waals surface area contributed by atoms with Crippen molar-refractivity contribution in [2.75, 3.05) is 0 Å². The van der Waals surface area contributed by atoms with Gasteiger partial charge in [-0.2, -0.15) is 10.2 Å². The highest BCUT2D eigenvalue weighted by molar-refractivity contribution is 5.78. The predicted molar refractivity (Wildman–Crippen MR) is 41.4 cm³/mol. The predicted octanol–water partition coefficient (Wildman–Crippen LogP) is 1.12. The Kier molecular flexibility index (Phi) is 2.31. The van der Waals surface area contributed by atoms with Crippen LogP contribution in [-0.2, 0) is 0 Å². The van der Waals surface area contributed by atoms with Gasteiger partial charge in [0.05, 0.1) is 6.21 Å². The standard InChI is InChI=1S/C7H7N3/c1-8-10-6-7-3-2-4-9-5-7/h2-6H,1H2. The largest absolute Gasteiger partial charge is 0.264 e. The lowest BCUT2D eigenvalue weighted by Crippen LogP contribution is -1.79. The Bertz CT molecular complexity index is 228. The van der Waals surface area contributed by atoms with Gasteiger partial charge in [-0.15, -0.1) is 0 Å². The maximum Gasteiger partial charge on any atom is 0.0583 e. The first kappa shape index (κ1) is 6.61. The third-order valence-corrected chi connectivity index (χ3v) is 0.973. The molecule has 0 N–H and O–H groups in total. The molecule has 3 nitrogen and oxygen atoms in total. The van der Waals surface area contributed by atoms with Crippen LogP contribution in [0.5, 0.6) is 0 Å². The minimum absolute atomic E-state index is 0.926. The van der Waals surface area contributed by atoms with E-state index in [2.05, 4.69) is 21.9 Å². The highest BCUT2D eigenvalue weighted by Crippen LogP contribution is 1.89. The summed E-state index contributed by atoms with van der Waals surface area (Å²) in [7, 11) is 0. The van der Waals surface area contributed by atoms with Crippen LogP contribution in [0.2, 0.25) is 0 Å². The maximum atomic E-state index is 3.88. The molecule has 0 saturated carbocycles. The lowest BCUT2D eigenvalue weighted by Gasteiger charge is -1.85. The molecule has 0 amide bonds. The molecule has 0 aliphatic rings. The van der Waals surface area contributed by atoms with E-state index in [1.54, 1.807) is 18.6 Å². The van der Waals surface area contributed by atoms with Gasteiger partial charge in [0.15, 0.2) is 0 Å². The van der Waals surface area contributed by atoms with E-state index in [0.717, 1.165) is 5.56 Å². The van der Waals surface area contributed by atoms with Gasteiger partial charge in [0.25, 0.3) is 0 Å². The van der Waals surface area contributed by atoms with Crippen molar-refractivity contribution in [1.82, 2.24) is 4.98 Å². The minimum atomic E-state index is 0.926. The van der Waals surface area contributed by atoms with E-state index in [0.29, 0.717) is 0 Å². The van der Waals surface area contributed by atoms with Crippen molar-refractivity contribution in [3.8, 4) is 0 Å². The minimum Gasteiger partial charge on any atom is -0.264 e. The van der Waals surface area contributed by atoms with E-state index in [9.17, 15) is 0 Å². The van der Waals surface area contributed by atoms with E-state index in [1.165, 1.54) is 0 Å². The monoisotopic (exact) mass is 133 g/mol. The second kappa shape index (κ2) is 3.50. The van der Waals surface area contributed by atoms with Crippen LogP contribution in [0, 0.1) is 0 Å². The van der Waals surface area contributed by atoms with Gasteiger partial charge < -0.3 is 0 Å². The van der Waals surface area contributed by atoms with Gasteiger partial charge in [-0.1, -0.05) is 6.07 Å². The van der Waals surface area contributed by atoms with Crippen LogP contribution in [-0.4, -0.2) is 17.9 Å². The number of nitrogens with zero attached hydrogens (tertiary/aromatic N) is 3. The van der Waals surface area contributed by atoms with E-state index in [-0.39, 0.29) is 0 Å². The first-order chi connectivity index (χ1) is 4.93. The fourth-order valence-electron chi connectivity index (χ4n) is 0.560. The fraction of sp³-hybridized carbons (Fsp3) is 0. The molecule has 0 radical (unpaired) electrons. The SMILES string of the molecule is C=NN=Cc1cccnc1. The molecule has 0 fully saturated rings. The van der Waals surface area contributed by atoms with Crippen LogP contribution in [0.3, 0.4) is 0 Å². The van der Waals surface area contributed by atoms with Crippen LogP contribution in [0.1, 0.15) is 5.56 Å². The summed E-state index contributed by atoms with van der Waals surface area (Å²) in [5.41, 5.74) is 0.926. The van der Waals surface area contributed by atoms with Gasteiger partial charge in [-0.05, 0) is 6.07 Å². The van der Waals surface area contributed by atoms with Crippen molar-refractivity contribution in [3.05, 3.63) is 30.1 Å². The summed E-state index contributed by atoms with van der Waals surface area (Å²) in [6.45, 7) is 3.21. The molecule has 0 bridgehead atoms. The third kappa shape index (κ3) is 1.78. The Morgan fingerprint density at radius 2 is 2.50 bits per heavy atom. The molecule has 50 valence electrons. The third-order valence-electron chi connectivity index (χ3n) is 0.973. The highest BCUT2D eigenvalue weighted by atomic mass is 15.2. The van der Waals surface area contributed by atoms with Crippen molar-refractivity contribution in [3.63, 3.8) is 0 Å². The van der Waals surface area contributed by atoms with Crippen molar-refractivity contribution in [2.45, 2.75) is 0 Å². The van der Waals surface area contributed by atoms with E-state index < -0.39 is 0 Å². The summed E-state index contributed by atoms with van der Waals surface area (Å²) in [5, 5.41) is 6.91. The van der Waals surface area contributed by atoms with Crippen molar-refractivity contribution in [2.24, 2.45) is 10.2 Å². The van der Waals surface area contributed by atoms with E-state index in [1.807, 2.05) is 12.1 Å². The smallest absolute Gasteiger partial charge is 0.0583 e. The van der Waals surface area contributed by atoms with Gasteiger partial charge in [0.1, 0.15) is 0 Å². The molecular weight excluding hydrogens is 126 g/mol. The Morgan fingerprint density at radius 1 is 1.60 bits per heavy atom. The molecule has 0 aliphatic carbocycles. The number of hydrogen-bond acceptors (Lipinski definition) is 3. The summed E-state index contributed by atoms with van der Waals surface area (Å²) >= 11 is 0. The van der Waals surface area contributed by atoms with Gasteiger partial charge in [0, 0.05) is 24.7 Å². The normalized spacial score (nSPS) is 10.0. The Morgan fingerprint density at radius 3 is 3.10 bits per heavy atom. The van der Waals surface area contributed by atoms with E-state index >= 15 is 0 Å². The van der Waals surface area contributed by atoms with Crippen LogP contribution in [0.4, 0.5) is 0 Å². The summed E-state index contributed by atoms with van der Waals surface area (Å²) in [6, 6.07) is 3.73. The van der Waals surface area contributed by atoms with Crippen molar-refractivity contribution < 1.29 is 0 Å². The van der Waals surface area contributed by atoms with Crippen LogP contribution in [0.25, 0.3) is 0 Å². The molecule has 10 heavy (non-hydrogen) atoms. The molecule has 1 heterocycles. The van der Waals surface area contributed by atoms with Crippen molar-refractivity contribution >= 4 is 12.9 Å². The number of pyridine rings is 1. The zero-order chi connectivity index (χ0) is 7.23. The summed E-state index contributed by atoms with van der Waals surface area (Å²) in [6.07, 6.45) is 5.01. The van der Waals surface area contributed by atoms with Crippen LogP contribution < -0.4 is 0 Å². The molecule has 0 aromatic carbocycles. The van der Waals surface area contributed by atoms with Gasteiger partial charge in [-0.3, -0.25) is 4.98 Å². The molecule has 1 rings (SSSR count). The Balaban J connectivity index is 2.76. The highest BCUT2D eigenvalue weighted by Gasteiger charge is 1.81. The second-order valence-electron chi connectivity index (χ2n) is 1.67. The molecular formula is C7H7N3. The van der Waals surface area contributed by atoms with Crippen LogP contribution >= 0.6 is 0 Å². The van der Waals surface area contributed by atoms with Gasteiger partial charge in [0.2, 0.25) is 0 Å². The second-order valence-corrected chi connectivity index (χ2v) is 1.67. The Hall–Kier alpha value is -1.51. The lowest BCUT2D eigenvalue weighted by molar-refractivity contribution is 1.26. The molecule has 1 aromatic heterocycles. The maximum absolute atomic E-state index is 3.88. The molecule has 1 aromatic rings. The summed E-state index contributed by atoms with van der Waals surface area (Å²) < 4.78 is 0. The first-order valence-electron chi connectivity index (χ1n) is 2.82. The molecule has 0 atom stereocenters. The molecule has 0 saturated heterocycles. The topological polar surface area (TPSA) is 37.6 Å². The first-order valence-corrected chi connectivity index (χ1v) is 2.82. The van der Waals surface area contributed by atoms with E-state index in [4.69, 9.17) is 0 Å². The van der Waals surface area contributed by atoms with Gasteiger partial charge >= 0.3 is 0 Å². The number of rotatable bonds is 2. The zero-order valence-corrected chi connectivity index (χ0v) is 5.44. The summed E-state index contributed by atoms with van der Waals surface area (Å²) in [5.74, 6) is 0. The van der Waals surface area contributed by atoms with Crippen LogP contribution in [0.15, 0.2) is 34.7 Å². The Labute approximate surface area is 59.1 Å². The molecule has 3 heteroatoms. The quantitative estimate of drug-likeness (QED) is 0.440. The number of aromatic nitrogens is 1. The van der Waals surface area contributed by atoms with Crippen molar-refractivity contribution in [1.29, 1.82) is 0 Å². The zero-order valence-electron chi connectivity index (χ0n) is 5.44. The average molecular weight is 133 g/mol. The lowest BCUT2D eigenvalue weighted by atomic mass is 10.3. The fourth-order valence-corrected chi connectivity index (χ4v) is 0.560. The average Bonchev–Trinajstić information content (AvgIpc) is 2.03.